The van der Waals surface area contributed by atoms with Crippen molar-refractivity contribution in [3.63, 3.8) is 0 Å². The van der Waals surface area contributed by atoms with Crippen LogP contribution in [0, 0.1) is 5.82 Å². The molecule has 7 heteroatoms. The van der Waals surface area contributed by atoms with E-state index in [9.17, 15) is 14.0 Å². The Kier molecular flexibility index (Phi) is 7.22. The van der Waals surface area contributed by atoms with Crippen LogP contribution in [0.25, 0.3) is 0 Å². The molecule has 0 aliphatic heterocycles. The van der Waals surface area contributed by atoms with Gasteiger partial charge in [-0.05, 0) is 41.8 Å². The van der Waals surface area contributed by atoms with E-state index in [1.807, 2.05) is 0 Å². The number of ether oxygens (including phenoxy) is 1. The van der Waals surface area contributed by atoms with E-state index in [0.717, 1.165) is 5.56 Å². The fourth-order valence-electron chi connectivity index (χ4n) is 2.06. The molecule has 0 aliphatic rings. The van der Waals surface area contributed by atoms with Crippen LogP contribution in [0.5, 0.6) is 0 Å². The molecule has 0 atom stereocenters. The van der Waals surface area contributed by atoms with Crippen LogP contribution in [-0.2, 0) is 27.2 Å². The molecular formula is C18H16Cl2FNO3. The van der Waals surface area contributed by atoms with E-state index >= 15 is 0 Å². The third-order valence-corrected chi connectivity index (χ3v) is 4.08. The highest BCUT2D eigenvalue weighted by Crippen LogP contribution is 2.22. The number of hydrogen-bond donors (Lipinski definition) is 1. The highest BCUT2D eigenvalue weighted by Gasteiger charge is 2.09. The van der Waals surface area contributed by atoms with Gasteiger partial charge in [0.05, 0.1) is 16.5 Å². The highest BCUT2D eigenvalue weighted by atomic mass is 35.5. The predicted molar refractivity (Wildman–Crippen MR) is 94.2 cm³/mol. The van der Waals surface area contributed by atoms with Gasteiger partial charge in [-0.25, -0.2) is 4.39 Å². The first-order chi connectivity index (χ1) is 11.9. The first-order valence-corrected chi connectivity index (χ1v) is 8.30. The zero-order valence-corrected chi connectivity index (χ0v) is 14.7. The molecule has 0 radical (unpaired) electrons. The van der Waals surface area contributed by atoms with E-state index in [4.69, 9.17) is 27.9 Å². The summed E-state index contributed by atoms with van der Waals surface area (Å²) < 4.78 is 17.7. The van der Waals surface area contributed by atoms with Crippen LogP contribution in [0.2, 0.25) is 10.0 Å². The topological polar surface area (TPSA) is 55.4 Å². The number of nitrogens with one attached hydrogen (secondary N) is 1. The molecule has 2 aromatic rings. The van der Waals surface area contributed by atoms with Gasteiger partial charge in [0, 0.05) is 6.54 Å². The van der Waals surface area contributed by atoms with Gasteiger partial charge in [-0.1, -0.05) is 41.4 Å². The summed E-state index contributed by atoms with van der Waals surface area (Å²) in [6.45, 7) is 0.0123. The molecule has 0 aliphatic carbocycles. The second-order valence-corrected chi connectivity index (χ2v) is 6.13. The van der Waals surface area contributed by atoms with Gasteiger partial charge in [0.15, 0.2) is 6.61 Å². The van der Waals surface area contributed by atoms with E-state index in [1.165, 1.54) is 12.1 Å². The van der Waals surface area contributed by atoms with Crippen molar-refractivity contribution >= 4 is 35.1 Å². The SMILES string of the molecule is O=C(COC(=O)Cc1ccc(Cl)c(Cl)c1)NCCc1ccc(F)cc1. The molecule has 1 N–H and O–H groups in total. The molecule has 0 unspecified atom stereocenters. The lowest BCUT2D eigenvalue weighted by molar-refractivity contribution is -0.147. The standard InChI is InChI=1S/C18H16Cl2FNO3/c19-15-6-3-13(9-16(15)20)10-18(24)25-11-17(23)22-8-7-12-1-4-14(21)5-2-12/h1-6,9H,7-8,10-11H2,(H,22,23). The molecule has 25 heavy (non-hydrogen) atoms. The molecule has 0 fully saturated rings. The van der Waals surface area contributed by atoms with Crippen LogP contribution in [0.4, 0.5) is 4.39 Å². The Morgan fingerprint density at radius 2 is 1.68 bits per heavy atom. The maximum absolute atomic E-state index is 12.8. The summed E-state index contributed by atoms with van der Waals surface area (Å²) in [4.78, 5) is 23.4. The van der Waals surface area contributed by atoms with Gasteiger partial charge in [0.2, 0.25) is 0 Å². The lowest BCUT2D eigenvalue weighted by Crippen LogP contribution is -2.30. The van der Waals surface area contributed by atoms with Crippen LogP contribution in [0.1, 0.15) is 11.1 Å². The normalized spacial score (nSPS) is 10.4. The molecule has 0 spiro atoms. The number of rotatable bonds is 7. The number of carbonyl (C=O) groups excluding carboxylic acids is 2. The Labute approximate surface area is 154 Å². The molecular weight excluding hydrogens is 368 g/mol. The third-order valence-electron chi connectivity index (χ3n) is 3.35. The van der Waals surface area contributed by atoms with Gasteiger partial charge >= 0.3 is 5.97 Å². The monoisotopic (exact) mass is 383 g/mol. The average Bonchev–Trinajstić information content (AvgIpc) is 2.58. The zero-order valence-electron chi connectivity index (χ0n) is 13.2. The minimum absolute atomic E-state index is 0.000250. The molecule has 132 valence electrons. The minimum atomic E-state index is -0.535. The molecule has 2 aromatic carbocycles. The molecule has 0 saturated carbocycles. The Hall–Kier alpha value is -2.11. The number of esters is 1. The maximum Gasteiger partial charge on any atom is 0.310 e. The first kappa shape index (κ1) is 19.2. The summed E-state index contributed by atoms with van der Waals surface area (Å²) in [5, 5.41) is 3.39. The number of benzene rings is 2. The van der Waals surface area contributed by atoms with Crippen molar-refractivity contribution in [2.45, 2.75) is 12.8 Å². The maximum atomic E-state index is 12.8. The zero-order chi connectivity index (χ0) is 18.2. The third kappa shape index (κ3) is 6.72. The molecule has 4 nitrogen and oxygen atoms in total. The van der Waals surface area contributed by atoms with Crippen LogP contribution in [0.15, 0.2) is 42.5 Å². The molecule has 2 rings (SSSR count). The van der Waals surface area contributed by atoms with Gasteiger partial charge in [0.1, 0.15) is 5.82 Å². The fourth-order valence-corrected chi connectivity index (χ4v) is 2.38. The summed E-state index contributed by atoms with van der Waals surface area (Å²) in [6.07, 6.45) is 0.559. The summed E-state index contributed by atoms with van der Waals surface area (Å²) in [5.74, 6) is -1.24. The number of hydrogen-bond acceptors (Lipinski definition) is 3. The second kappa shape index (κ2) is 9.39. The average molecular weight is 384 g/mol. The van der Waals surface area contributed by atoms with E-state index in [0.29, 0.717) is 28.6 Å². The van der Waals surface area contributed by atoms with E-state index < -0.39 is 11.9 Å². The van der Waals surface area contributed by atoms with Gasteiger partial charge in [-0.3, -0.25) is 9.59 Å². The van der Waals surface area contributed by atoms with Crippen molar-refractivity contribution in [3.05, 3.63) is 69.5 Å². The van der Waals surface area contributed by atoms with E-state index in [2.05, 4.69) is 5.32 Å². The Morgan fingerprint density at radius 1 is 1.00 bits per heavy atom. The summed E-state index contributed by atoms with van der Waals surface area (Å²) in [6, 6.07) is 10.9. The summed E-state index contributed by atoms with van der Waals surface area (Å²) in [7, 11) is 0. The van der Waals surface area contributed by atoms with Crippen molar-refractivity contribution in [2.75, 3.05) is 13.2 Å². The van der Waals surface area contributed by atoms with Gasteiger partial charge in [0.25, 0.3) is 5.91 Å². The lowest BCUT2D eigenvalue weighted by Gasteiger charge is -2.07. The molecule has 0 aromatic heterocycles. The van der Waals surface area contributed by atoms with Crippen LogP contribution < -0.4 is 5.32 Å². The van der Waals surface area contributed by atoms with Crippen molar-refractivity contribution in [1.82, 2.24) is 5.32 Å². The number of halogens is 3. The van der Waals surface area contributed by atoms with Crippen molar-refractivity contribution < 1.29 is 18.7 Å². The molecule has 1 amide bonds. The van der Waals surface area contributed by atoms with Crippen molar-refractivity contribution in [3.8, 4) is 0 Å². The lowest BCUT2D eigenvalue weighted by atomic mass is 10.1. The summed E-state index contributed by atoms with van der Waals surface area (Å²) >= 11 is 11.7. The van der Waals surface area contributed by atoms with E-state index in [-0.39, 0.29) is 18.8 Å². The second-order valence-electron chi connectivity index (χ2n) is 5.31. The molecule has 0 bridgehead atoms. The minimum Gasteiger partial charge on any atom is -0.455 e. The predicted octanol–water partition coefficient (Wildman–Crippen LogP) is 3.58. The van der Waals surface area contributed by atoms with E-state index in [1.54, 1.807) is 30.3 Å². The quantitative estimate of drug-likeness (QED) is 0.743. The highest BCUT2D eigenvalue weighted by molar-refractivity contribution is 6.42. The molecule has 0 heterocycles. The molecule has 0 saturated heterocycles. The fraction of sp³-hybridized carbons (Fsp3) is 0.222. The van der Waals surface area contributed by atoms with Gasteiger partial charge in [-0.15, -0.1) is 0 Å². The van der Waals surface area contributed by atoms with Gasteiger partial charge in [-0.2, -0.15) is 0 Å². The van der Waals surface area contributed by atoms with Crippen LogP contribution in [-0.4, -0.2) is 25.0 Å². The largest absolute Gasteiger partial charge is 0.455 e. The van der Waals surface area contributed by atoms with Crippen molar-refractivity contribution in [2.24, 2.45) is 0 Å². The van der Waals surface area contributed by atoms with Crippen LogP contribution in [0.3, 0.4) is 0 Å². The van der Waals surface area contributed by atoms with Crippen molar-refractivity contribution in [1.29, 1.82) is 0 Å². The number of carbonyl (C=O) groups is 2. The van der Waals surface area contributed by atoms with Crippen LogP contribution >= 0.6 is 23.2 Å². The Balaban J connectivity index is 1.67. The Morgan fingerprint density at radius 3 is 2.36 bits per heavy atom. The number of amides is 1. The summed E-state index contributed by atoms with van der Waals surface area (Å²) in [5.41, 5.74) is 1.55. The van der Waals surface area contributed by atoms with Gasteiger partial charge < -0.3 is 10.1 Å². The Bertz CT molecular complexity index is 750. The smallest absolute Gasteiger partial charge is 0.310 e. The first-order valence-electron chi connectivity index (χ1n) is 7.55.